The number of pyridine rings is 1. The molecule has 1 N–H and O–H groups in total. The molecule has 1 aromatic heterocycles. The van der Waals surface area contributed by atoms with E-state index >= 15 is 0 Å². The van der Waals surface area contributed by atoms with Crippen LogP contribution in [0.5, 0.6) is 0 Å². The van der Waals surface area contributed by atoms with Crippen LogP contribution in [0.25, 0.3) is 0 Å². The van der Waals surface area contributed by atoms with Gasteiger partial charge in [-0.3, -0.25) is 9.59 Å². The Morgan fingerprint density at radius 2 is 1.92 bits per heavy atom. The van der Waals surface area contributed by atoms with E-state index in [1.54, 1.807) is 22.9 Å². The van der Waals surface area contributed by atoms with E-state index in [2.05, 4.69) is 5.32 Å². The molecule has 2 aromatic rings. The number of nitrogens with one attached hydrogen (secondary N) is 1. The van der Waals surface area contributed by atoms with Gasteiger partial charge in [0, 0.05) is 42.5 Å². The molecule has 2 bridgehead atoms. The van der Waals surface area contributed by atoms with Crippen molar-refractivity contribution in [3.05, 3.63) is 69.1 Å². The first-order chi connectivity index (χ1) is 12.6. The lowest BCUT2D eigenvalue weighted by Gasteiger charge is -2.24. The summed E-state index contributed by atoms with van der Waals surface area (Å²) < 4.78 is 1.55. The van der Waals surface area contributed by atoms with E-state index in [4.69, 9.17) is 11.6 Å². The Kier molecular flexibility index (Phi) is 4.83. The summed E-state index contributed by atoms with van der Waals surface area (Å²) in [6.45, 7) is 1.85. The first-order valence-corrected chi connectivity index (χ1v) is 9.47. The number of aromatic nitrogens is 1. The number of fused-ring (bicyclic) bond motifs is 2. The van der Waals surface area contributed by atoms with Gasteiger partial charge in [-0.1, -0.05) is 29.8 Å². The highest BCUT2D eigenvalue weighted by Crippen LogP contribution is 2.21. The Hall–Kier alpha value is -2.11. The second-order valence-corrected chi connectivity index (χ2v) is 7.56. The van der Waals surface area contributed by atoms with Crippen molar-refractivity contribution in [2.45, 2.75) is 37.9 Å². The quantitative estimate of drug-likeness (QED) is 0.902. The molecule has 2 unspecified atom stereocenters. The van der Waals surface area contributed by atoms with Gasteiger partial charge in [-0.05, 0) is 37.0 Å². The largest absolute Gasteiger partial charge is 0.337 e. The van der Waals surface area contributed by atoms with Gasteiger partial charge in [0.15, 0.2) is 0 Å². The van der Waals surface area contributed by atoms with Gasteiger partial charge in [0.25, 0.3) is 11.5 Å². The fourth-order valence-electron chi connectivity index (χ4n) is 3.90. The van der Waals surface area contributed by atoms with E-state index in [-0.39, 0.29) is 11.5 Å². The number of benzene rings is 1. The number of carbonyl (C=O) groups excluding carboxylic acids is 1. The molecule has 2 aliphatic heterocycles. The third kappa shape index (κ3) is 3.55. The molecule has 5 nitrogen and oxygen atoms in total. The Morgan fingerprint density at radius 1 is 1.12 bits per heavy atom. The average Bonchev–Trinajstić information content (AvgIpc) is 2.97. The summed E-state index contributed by atoms with van der Waals surface area (Å²) in [4.78, 5) is 27.1. The summed E-state index contributed by atoms with van der Waals surface area (Å²) in [5.41, 5.74) is 1.27. The second-order valence-electron chi connectivity index (χ2n) is 7.15. The maximum atomic E-state index is 13.0. The lowest BCUT2D eigenvalue weighted by atomic mass is 10.1. The van der Waals surface area contributed by atoms with Crippen molar-refractivity contribution in [1.82, 2.24) is 14.8 Å². The molecule has 1 aromatic carbocycles. The molecule has 2 atom stereocenters. The molecule has 0 spiro atoms. The van der Waals surface area contributed by atoms with Gasteiger partial charge in [-0.2, -0.15) is 0 Å². The maximum absolute atomic E-state index is 13.0. The standard InChI is InChI=1S/C20H22ClN3O2/c21-18-4-2-1-3-14(18)11-24-12-15(5-8-19(24)25)20(26)23-10-9-16-6-7-17(13-23)22-16/h1-5,8,12,16-17,22H,6-7,9-11,13H2. The summed E-state index contributed by atoms with van der Waals surface area (Å²) in [6.07, 6.45) is 4.97. The fourth-order valence-corrected chi connectivity index (χ4v) is 4.10. The Labute approximate surface area is 157 Å². The molecular formula is C20H22ClN3O2. The zero-order valence-corrected chi connectivity index (χ0v) is 15.3. The normalized spacial score (nSPS) is 22.3. The van der Waals surface area contributed by atoms with E-state index in [9.17, 15) is 9.59 Å². The average molecular weight is 372 g/mol. The van der Waals surface area contributed by atoms with Crippen molar-refractivity contribution in [2.75, 3.05) is 13.1 Å². The van der Waals surface area contributed by atoms with Crippen molar-refractivity contribution in [2.24, 2.45) is 0 Å². The molecule has 26 heavy (non-hydrogen) atoms. The predicted octanol–water partition coefficient (Wildman–Crippen LogP) is 2.52. The lowest BCUT2D eigenvalue weighted by molar-refractivity contribution is 0.0747. The summed E-state index contributed by atoms with van der Waals surface area (Å²) in [5, 5.41) is 4.20. The summed E-state index contributed by atoms with van der Waals surface area (Å²) in [5.74, 6) is -0.00717. The van der Waals surface area contributed by atoms with Gasteiger partial charge < -0.3 is 14.8 Å². The van der Waals surface area contributed by atoms with Gasteiger partial charge in [-0.15, -0.1) is 0 Å². The van der Waals surface area contributed by atoms with Crippen molar-refractivity contribution in [3.8, 4) is 0 Å². The van der Waals surface area contributed by atoms with Crippen LogP contribution in [0.15, 0.2) is 47.4 Å². The zero-order chi connectivity index (χ0) is 18.1. The van der Waals surface area contributed by atoms with Crippen molar-refractivity contribution in [3.63, 3.8) is 0 Å². The minimum atomic E-state index is -0.141. The SMILES string of the molecule is O=C(c1ccc(=O)n(Cc2ccccc2Cl)c1)N1CCC2CCC(C1)N2. The number of hydrogen-bond acceptors (Lipinski definition) is 3. The third-order valence-electron chi connectivity index (χ3n) is 5.34. The van der Waals surface area contributed by atoms with Crippen LogP contribution in [0.2, 0.25) is 5.02 Å². The highest BCUT2D eigenvalue weighted by atomic mass is 35.5. The van der Waals surface area contributed by atoms with Crippen LogP contribution in [0.3, 0.4) is 0 Å². The number of hydrogen-bond donors (Lipinski definition) is 1. The summed E-state index contributed by atoms with van der Waals surface area (Å²) >= 11 is 6.21. The van der Waals surface area contributed by atoms with Crippen LogP contribution in [-0.2, 0) is 6.54 Å². The van der Waals surface area contributed by atoms with E-state index in [1.807, 2.05) is 23.1 Å². The fraction of sp³-hybridized carbons (Fsp3) is 0.400. The summed E-state index contributed by atoms with van der Waals surface area (Å²) in [7, 11) is 0. The molecule has 2 saturated heterocycles. The molecule has 6 heteroatoms. The Bertz CT molecular complexity index is 879. The van der Waals surface area contributed by atoms with Crippen LogP contribution < -0.4 is 10.9 Å². The minimum Gasteiger partial charge on any atom is -0.337 e. The first-order valence-electron chi connectivity index (χ1n) is 9.09. The van der Waals surface area contributed by atoms with Crippen LogP contribution in [-0.4, -0.2) is 40.5 Å². The number of nitrogens with zero attached hydrogens (tertiary/aromatic N) is 2. The van der Waals surface area contributed by atoms with Gasteiger partial charge in [-0.25, -0.2) is 0 Å². The maximum Gasteiger partial charge on any atom is 0.255 e. The molecule has 4 rings (SSSR count). The highest BCUT2D eigenvalue weighted by Gasteiger charge is 2.31. The summed E-state index contributed by atoms with van der Waals surface area (Å²) in [6, 6.07) is 11.5. The van der Waals surface area contributed by atoms with Crippen molar-refractivity contribution in [1.29, 1.82) is 0 Å². The topological polar surface area (TPSA) is 54.3 Å². The monoisotopic (exact) mass is 371 g/mol. The van der Waals surface area contributed by atoms with Gasteiger partial charge in [0.05, 0.1) is 12.1 Å². The Balaban J connectivity index is 1.56. The highest BCUT2D eigenvalue weighted by molar-refractivity contribution is 6.31. The number of halogens is 1. The molecule has 0 saturated carbocycles. The minimum absolute atomic E-state index is 0.00717. The number of carbonyl (C=O) groups is 1. The van der Waals surface area contributed by atoms with Crippen molar-refractivity contribution >= 4 is 17.5 Å². The smallest absolute Gasteiger partial charge is 0.255 e. The number of amides is 1. The lowest BCUT2D eigenvalue weighted by Crippen LogP contribution is -2.39. The van der Waals surface area contributed by atoms with E-state index in [1.165, 1.54) is 12.5 Å². The molecular weight excluding hydrogens is 350 g/mol. The zero-order valence-electron chi connectivity index (χ0n) is 14.5. The molecule has 3 heterocycles. The molecule has 2 aliphatic rings. The number of likely N-dealkylation sites (tertiary alicyclic amines) is 1. The van der Waals surface area contributed by atoms with E-state index in [0.29, 0.717) is 29.2 Å². The Morgan fingerprint density at radius 3 is 2.77 bits per heavy atom. The van der Waals surface area contributed by atoms with E-state index in [0.717, 1.165) is 31.5 Å². The van der Waals surface area contributed by atoms with Crippen LogP contribution in [0.1, 0.15) is 35.2 Å². The van der Waals surface area contributed by atoms with Crippen LogP contribution >= 0.6 is 11.6 Å². The molecule has 2 fully saturated rings. The molecule has 0 radical (unpaired) electrons. The molecule has 0 aliphatic carbocycles. The first kappa shape index (κ1) is 17.3. The van der Waals surface area contributed by atoms with Gasteiger partial charge >= 0.3 is 0 Å². The molecule has 136 valence electrons. The second kappa shape index (κ2) is 7.25. The number of rotatable bonds is 3. The van der Waals surface area contributed by atoms with Crippen LogP contribution in [0.4, 0.5) is 0 Å². The van der Waals surface area contributed by atoms with Crippen molar-refractivity contribution < 1.29 is 4.79 Å². The van der Waals surface area contributed by atoms with Gasteiger partial charge in [0.2, 0.25) is 0 Å². The van der Waals surface area contributed by atoms with Crippen LogP contribution in [0, 0.1) is 0 Å². The van der Waals surface area contributed by atoms with E-state index < -0.39 is 0 Å². The predicted molar refractivity (Wildman–Crippen MR) is 102 cm³/mol. The van der Waals surface area contributed by atoms with Gasteiger partial charge in [0.1, 0.15) is 0 Å². The molecule has 1 amide bonds. The third-order valence-corrected chi connectivity index (χ3v) is 5.71.